The maximum absolute atomic E-state index is 13.1. The van der Waals surface area contributed by atoms with Crippen molar-refractivity contribution < 1.29 is 19.1 Å². The highest BCUT2D eigenvalue weighted by atomic mass is 35.5. The number of piperidine rings is 2. The molecule has 206 valence electrons. The quantitative estimate of drug-likeness (QED) is 0.411. The van der Waals surface area contributed by atoms with Gasteiger partial charge in [0.2, 0.25) is 11.8 Å². The molecule has 7 nitrogen and oxygen atoms in total. The van der Waals surface area contributed by atoms with Crippen molar-refractivity contribution in [1.82, 2.24) is 15.1 Å². The average molecular weight is 558 g/mol. The molecule has 2 fully saturated rings. The number of halogens is 1. The predicted octanol–water partition coefficient (Wildman–Crippen LogP) is 5.06. The van der Waals surface area contributed by atoms with Gasteiger partial charge < -0.3 is 9.64 Å². The van der Waals surface area contributed by atoms with E-state index in [0.717, 1.165) is 48.6 Å². The van der Waals surface area contributed by atoms with E-state index in [2.05, 4.69) is 46.6 Å². The summed E-state index contributed by atoms with van der Waals surface area (Å²) in [5.74, 6) is 0.313. The van der Waals surface area contributed by atoms with Gasteiger partial charge >= 0.3 is 0 Å². The first-order chi connectivity index (χ1) is 19.4. The number of fused-ring (bicyclic) bond motifs is 1. The van der Waals surface area contributed by atoms with Gasteiger partial charge in [-0.3, -0.25) is 24.6 Å². The Balaban J connectivity index is 1.03. The first kappa shape index (κ1) is 26.5. The van der Waals surface area contributed by atoms with Crippen molar-refractivity contribution in [2.75, 3.05) is 13.1 Å². The summed E-state index contributed by atoms with van der Waals surface area (Å²) in [6.45, 7) is 3.73. The van der Waals surface area contributed by atoms with Crippen LogP contribution in [0.5, 0.6) is 5.75 Å². The Kier molecular flexibility index (Phi) is 7.59. The molecule has 40 heavy (non-hydrogen) atoms. The van der Waals surface area contributed by atoms with E-state index >= 15 is 0 Å². The molecule has 1 unspecified atom stereocenters. The highest BCUT2D eigenvalue weighted by Crippen LogP contribution is 2.34. The fourth-order valence-electron chi connectivity index (χ4n) is 6.04. The number of amides is 3. The Morgan fingerprint density at radius 2 is 1.65 bits per heavy atom. The van der Waals surface area contributed by atoms with Crippen LogP contribution in [-0.4, -0.2) is 46.7 Å². The van der Waals surface area contributed by atoms with E-state index in [1.807, 2.05) is 18.2 Å². The number of carbonyl (C=O) groups is 3. The van der Waals surface area contributed by atoms with Crippen molar-refractivity contribution in [3.05, 3.63) is 99.6 Å². The van der Waals surface area contributed by atoms with Crippen LogP contribution in [0.4, 0.5) is 0 Å². The summed E-state index contributed by atoms with van der Waals surface area (Å²) in [5, 5.41) is 3.15. The Morgan fingerprint density at radius 3 is 2.40 bits per heavy atom. The fraction of sp³-hybridized carbons (Fsp3) is 0.344. The summed E-state index contributed by atoms with van der Waals surface area (Å²) in [5.41, 5.74) is 5.00. The van der Waals surface area contributed by atoms with Gasteiger partial charge in [0.1, 0.15) is 18.4 Å². The molecule has 0 bridgehead atoms. The zero-order chi connectivity index (χ0) is 27.6. The molecule has 0 spiro atoms. The highest BCUT2D eigenvalue weighted by molar-refractivity contribution is 6.30. The van der Waals surface area contributed by atoms with Crippen LogP contribution < -0.4 is 10.1 Å². The van der Waals surface area contributed by atoms with Crippen molar-refractivity contribution >= 4 is 29.3 Å². The zero-order valence-corrected chi connectivity index (χ0v) is 23.0. The number of nitrogens with one attached hydrogen (secondary N) is 1. The number of ether oxygens (including phenoxy) is 1. The number of hydrogen-bond acceptors (Lipinski definition) is 5. The number of likely N-dealkylation sites (tertiary alicyclic amines) is 1. The smallest absolute Gasteiger partial charge is 0.255 e. The van der Waals surface area contributed by atoms with Gasteiger partial charge in [-0.15, -0.1) is 0 Å². The van der Waals surface area contributed by atoms with E-state index in [-0.39, 0.29) is 18.2 Å². The molecule has 0 aromatic heterocycles. The summed E-state index contributed by atoms with van der Waals surface area (Å²) in [6, 6.07) is 21.5. The van der Waals surface area contributed by atoms with Gasteiger partial charge in [-0.1, -0.05) is 54.1 Å². The Bertz CT molecular complexity index is 1430. The second-order valence-corrected chi connectivity index (χ2v) is 11.3. The number of rotatable bonds is 7. The molecule has 3 aliphatic rings. The van der Waals surface area contributed by atoms with Gasteiger partial charge in [-0.05, 0) is 79.2 Å². The molecule has 0 radical (unpaired) electrons. The van der Waals surface area contributed by atoms with E-state index in [1.54, 1.807) is 17.0 Å². The molecular formula is C32H32ClN3O4. The molecule has 0 saturated carbocycles. The van der Waals surface area contributed by atoms with Crippen molar-refractivity contribution in [1.29, 1.82) is 0 Å². The molecule has 0 aliphatic carbocycles. The lowest BCUT2D eigenvalue weighted by Gasteiger charge is -2.32. The molecular weight excluding hydrogens is 526 g/mol. The van der Waals surface area contributed by atoms with Gasteiger partial charge in [0.15, 0.2) is 0 Å². The van der Waals surface area contributed by atoms with E-state index in [1.165, 1.54) is 11.1 Å². The average Bonchev–Trinajstić information content (AvgIpc) is 3.29. The SMILES string of the molecule is O=C1CCC(N2Cc3c(OCc4ccc(CN5CCC(c6cccc(Cl)c6)CC5)cc4)cccc3C2=O)C(=O)N1. The van der Waals surface area contributed by atoms with Crippen LogP contribution >= 0.6 is 11.6 Å². The predicted molar refractivity (Wildman–Crippen MR) is 152 cm³/mol. The molecule has 1 N–H and O–H groups in total. The van der Waals surface area contributed by atoms with E-state index in [9.17, 15) is 14.4 Å². The molecule has 1 atom stereocenters. The van der Waals surface area contributed by atoms with Crippen LogP contribution in [0.3, 0.4) is 0 Å². The van der Waals surface area contributed by atoms with Gasteiger partial charge in [0, 0.05) is 29.1 Å². The van der Waals surface area contributed by atoms with Gasteiger partial charge in [-0.2, -0.15) is 0 Å². The zero-order valence-electron chi connectivity index (χ0n) is 22.3. The minimum atomic E-state index is -0.638. The molecule has 3 amide bonds. The summed E-state index contributed by atoms with van der Waals surface area (Å²) >= 11 is 6.19. The molecule has 3 heterocycles. The third-order valence-electron chi connectivity index (χ3n) is 8.27. The fourth-order valence-corrected chi connectivity index (χ4v) is 6.24. The summed E-state index contributed by atoms with van der Waals surface area (Å²) in [4.78, 5) is 41.0. The minimum Gasteiger partial charge on any atom is -0.489 e. The van der Waals surface area contributed by atoms with Crippen LogP contribution in [0.2, 0.25) is 5.02 Å². The number of carbonyl (C=O) groups excluding carboxylic acids is 3. The van der Waals surface area contributed by atoms with E-state index < -0.39 is 11.9 Å². The Labute approximate surface area is 239 Å². The monoisotopic (exact) mass is 557 g/mol. The van der Waals surface area contributed by atoms with Crippen molar-refractivity contribution in [2.24, 2.45) is 0 Å². The second-order valence-electron chi connectivity index (χ2n) is 10.9. The molecule has 2 saturated heterocycles. The van der Waals surface area contributed by atoms with Gasteiger partial charge in [0.25, 0.3) is 5.91 Å². The lowest BCUT2D eigenvalue weighted by atomic mass is 9.89. The third-order valence-corrected chi connectivity index (χ3v) is 8.51. The minimum absolute atomic E-state index is 0.198. The molecule has 8 heteroatoms. The van der Waals surface area contributed by atoms with Crippen LogP contribution in [0.1, 0.15) is 64.2 Å². The number of hydrogen-bond donors (Lipinski definition) is 1. The van der Waals surface area contributed by atoms with Crippen LogP contribution in [0.25, 0.3) is 0 Å². The van der Waals surface area contributed by atoms with Crippen molar-refractivity contribution in [2.45, 2.75) is 57.3 Å². The highest BCUT2D eigenvalue weighted by Gasteiger charge is 2.40. The Morgan fingerprint density at radius 1 is 0.900 bits per heavy atom. The number of benzene rings is 3. The number of imide groups is 1. The molecule has 3 aromatic carbocycles. The maximum atomic E-state index is 13.1. The second kappa shape index (κ2) is 11.4. The normalized spacial score (nSPS) is 20.0. The standard InChI is InChI=1S/C32H32ClN3O4/c33-25-4-1-3-24(17-25)23-13-15-35(16-14-23)18-21-7-9-22(10-8-21)20-40-29-6-2-5-26-27(29)19-36(32(26)39)28-11-12-30(37)34-31(28)38/h1-10,17,23,28H,11-16,18-20H2,(H,34,37,38). The van der Waals surface area contributed by atoms with Gasteiger partial charge in [0.05, 0.1) is 6.54 Å². The van der Waals surface area contributed by atoms with Crippen molar-refractivity contribution in [3.8, 4) is 5.75 Å². The Hall–Kier alpha value is -3.68. The summed E-state index contributed by atoms with van der Waals surface area (Å²) in [7, 11) is 0. The lowest BCUT2D eigenvalue weighted by Crippen LogP contribution is -2.52. The topological polar surface area (TPSA) is 79.0 Å². The van der Waals surface area contributed by atoms with Crippen LogP contribution in [-0.2, 0) is 29.3 Å². The summed E-state index contributed by atoms with van der Waals surface area (Å²) < 4.78 is 6.16. The first-order valence-electron chi connectivity index (χ1n) is 13.9. The van der Waals surface area contributed by atoms with Crippen LogP contribution in [0.15, 0.2) is 66.7 Å². The molecule has 3 aromatic rings. The number of nitrogens with zero attached hydrogens (tertiary/aromatic N) is 2. The molecule has 3 aliphatic heterocycles. The van der Waals surface area contributed by atoms with Gasteiger partial charge in [-0.25, -0.2) is 0 Å². The lowest BCUT2D eigenvalue weighted by molar-refractivity contribution is -0.136. The summed E-state index contributed by atoms with van der Waals surface area (Å²) in [6.07, 6.45) is 2.85. The van der Waals surface area contributed by atoms with Crippen molar-refractivity contribution in [3.63, 3.8) is 0 Å². The van der Waals surface area contributed by atoms with Crippen LogP contribution in [0, 0.1) is 0 Å². The van der Waals surface area contributed by atoms with E-state index in [0.29, 0.717) is 36.8 Å². The maximum Gasteiger partial charge on any atom is 0.255 e. The van der Waals surface area contributed by atoms with E-state index in [4.69, 9.17) is 16.3 Å². The third kappa shape index (κ3) is 5.62. The largest absolute Gasteiger partial charge is 0.489 e. The molecule has 6 rings (SSSR count). The first-order valence-corrected chi connectivity index (χ1v) is 14.3.